The lowest BCUT2D eigenvalue weighted by molar-refractivity contribution is 0.955. The van der Waals surface area contributed by atoms with E-state index in [-0.39, 0.29) is 0 Å². The van der Waals surface area contributed by atoms with Gasteiger partial charge in [-0.1, -0.05) is 41.5 Å². The number of rotatable bonds is 0. The number of fused-ring (bicyclic) bond motifs is 1. The summed E-state index contributed by atoms with van der Waals surface area (Å²) < 4.78 is 0. The van der Waals surface area contributed by atoms with Crippen LogP contribution in [0.4, 0.5) is 0 Å². The smallest absolute Gasteiger partial charge is 0.00232 e. The van der Waals surface area contributed by atoms with E-state index in [4.69, 9.17) is 0 Å². The molecule has 14 heavy (non-hydrogen) atoms. The van der Waals surface area contributed by atoms with Gasteiger partial charge in [0.2, 0.25) is 0 Å². The molecule has 0 heteroatoms. The van der Waals surface area contributed by atoms with E-state index in [0.717, 1.165) is 6.42 Å². The molecule has 3 rings (SSSR count). The molecule has 0 saturated heterocycles. The highest BCUT2D eigenvalue weighted by Crippen LogP contribution is 2.35. The van der Waals surface area contributed by atoms with Crippen LogP contribution in [0.5, 0.6) is 0 Å². The molecule has 2 aliphatic carbocycles. The minimum absolute atomic E-state index is 1.16. The Bertz CT molecular complexity index is 447. The second kappa shape index (κ2) is 2.84. The van der Waals surface area contributed by atoms with Crippen LogP contribution in [-0.4, -0.2) is 0 Å². The average molecular weight is 182 g/mol. The summed E-state index contributed by atoms with van der Waals surface area (Å²) in [6.07, 6.45) is 5.93. The molecule has 1 aromatic carbocycles. The van der Waals surface area contributed by atoms with Crippen molar-refractivity contribution in [2.45, 2.75) is 26.2 Å². The Balaban J connectivity index is 2.02. The molecule has 70 valence electrons. The first kappa shape index (κ1) is 8.05. The van der Waals surface area contributed by atoms with E-state index < -0.39 is 0 Å². The molecule has 2 aliphatic rings. The quantitative estimate of drug-likeness (QED) is 0.576. The van der Waals surface area contributed by atoms with Crippen LogP contribution in [0.3, 0.4) is 0 Å². The van der Waals surface area contributed by atoms with Crippen LogP contribution in [0.2, 0.25) is 0 Å². The molecule has 0 radical (unpaired) electrons. The summed E-state index contributed by atoms with van der Waals surface area (Å²) in [5.74, 6) is 0. The maximum Gasteiger partial charge on any atom is -0.00232 e. The summed E-state index contributed by atoms with van der Waals surface area (Å²) >= 11 is 0. The fraction of sp³-hybridized carbons (Fsp3) is 0.286. The maximum atomic E-state index is 2.38. The topological polar surface area (TPSA) is 0 Å². The second-order valence-corrected chi connectivity index (χ2v) is 4.42. The summed E-state index contributed by atoms with van der Waals surface area (Å²) in [6.45, 7) is 2.24. The van der Waals surface area contributed by atoms with E-state index in [0.29, 0.717) is 0 Å². The molecule has 0 spiro atoms. The van der Waals surface area contributed by atoms with Gasteiger partial charge in [-0.05, 0) is 42.9 Å². The van der Waals surface area contributed by atoms with Crippen molar-refractivity contribution in [3.63, 3.8) is 0 Å². The van der Waals surface area contributed by atoms with Crippen LogP contribution in [0, 0.1) is 0 Å². The molecular weight excluding hydrogens is 168 g/mol. The SMILES string of the molecule is CC1=CC2=C(C1)Cc1ccccc1C2. The van der Waals surface area contributed by atoms with Crippen LogP contribution in [0.25, 0.3) is 0 Å². The van der Waals surface area contributed by atoms with Crippen molar-refractivity contribution >= 4 is 0 Å². The van der Waals surface area contributed by atoms with Crippen molar-refractivity contribution in [1.29, 1.82) is 0 Å². The lowest BCUT2D eigenvalue weighted by atomic mass is 9.87. The molecule has 0 aliphatic heterocycles. The third-order valence-corrected chi connectivity index (χ3v) is 3.27. The predicted octanol–water partition coefficient (Wildman–Crippen LogP) is 3.43. The molecule has 0 aromatic heterocycles. The largest absolute Gasteiger partial charge is 0.0690 e. The molecule has 0 bridgehead atoms. The molecular formula is C14H14. The van der Waals surface area contributed by atoms with Crippen LogP contribution in [0.15, 0.2) is 47.1 Å². The van der Waals surface area contributed by atoms with E-state index in [1.807, 2.05) is 0 Å². The molecule has 1 aromatic rings. The van der Waals surface area contributed by atoms with Crippen molar-refractivity contribution in [1.82, 2.24) is 0 Å². The molecule has 0 amide bonds. The Kier molecular flexibility index (Phi) is 1.63. The predicted molar refractivity (Wildman–Crippen MR) is 59.3 cm³/mol. The fourth-order valence-electron chi connectivity index (χ4n) is 2.59. The van der Waals surface area contributed by atoms with Gasteiger partial charge in [0.05, 0.1) is 0 Å². The van der Waals surface area contributed by atoms with Crippen molar-refractivity contribution < 1.29 is 0 Å². The normalized spacial score (nSPS) is 19.1. The Labute approximate surface area is 85.0 Å². The van der Waals surface area contributed by atoms with Crippen LogP contribution >= 0.6 is 0 Å². The highest BCUT2D eigenvalue weighted by molar-refractivity contribution is 5.49. The summed E-state index contributed by atoms with van der Waals surface area (Å²) in [4.78, 5) is 0. The molecule has 0 nitrogen and oxygen atoms in total. The zero-order valence-corrected chi connectivity index (χ0v) is 8.51. The standard InChI is InChI=1S/C14H14/c1-10-6-13-8-11-4-2-3-5-12(11)9-14(13)7-10/h2-6H,7-9H2,1H3. The maximum absolute atomic E-state index is 2.38. The number of hydrogen-bond acceptors (Lipinski definition) is 0. The van der Waals surface area contributed by atoms with Gasteiger partial charge in [-0.15, -0.1) is 0 Å². The van der Waals surface area contributed by atoms with Crippen molar-refractivity contribution in [2.24, 2.45) is 0 Å². The minimum Gasteiger partial charge on any atom is -0.0690 e. The van der Waals surface area contributed by atoms with E-state index in [2.05, 4.69) is 37.3 Å². The summed E-state index contributed by atoms with van der Waals surface area (Å²) in [7, 11) is 0. The fourth-order valence-corrected chi connectivity index (χ4v) is 2.59. The van der Waals surface area contributed by atoms with Gasteiger partial charge in [0.15, 0.2) is 0 Å². The number of benzene rings is 1. The van der Waals surface area contributed by atoms with E-state index in [9.17, 15) is 0 Å². The van der Waals surface area contributed by atoms with Crippen molar-refractivity contribution in [3.05, 3.63) is 58.2 Å². The highest BCUT2D eigenvalue weighted by Gasteiger charge is 2.19. The first-order valence-corrected chi connectivity index (χ1v) is 5.28. The van der Waals surface area contributed by atoms with Gasteiger partial charge in [0.1, 0.15) is 0 Å². The zero-order valence-electron chi connectivity index (χ0n) is 8.51. The van der Waals surface area contributed by atoms with Crippen LogP contribution < -0.4 is 0 Å². The Morgan fingerprint density at radius 3 is 2.43 bits per heavy atom. The zero-order chi connectivity index (χ0) is 9.54. The van der Waals surface area contributed by atoms with Gasteiger partial charge in [0.25, 0.3) is 0 Å². The van der Waals surface area contributed by atoms with Gasteiger partial charge >= 0.3 is 0 Å². The monoisotopic (exact) mass is 182 g/mol. The molecule has 0 unspecified atom stereocenters. The lowest BCUT2D eigenvalue weighted by Crippen LogP contribution is -2.04. The molecule has 0 fully saturated rings. The Hall–Kier alpha value is -1.30. The Morgan fingerprint density at radius 2 is 1.64 bits per heavy atom. The third-order valence-electron chi connectivity index (χ3n) is 3.27. The average Bonchev–Trinajstić information content (AvgIpc) is 2.53. The van der Waals surface area contributed by atoms with Crippen molar-refractivity contribution in [2.75, 3.05) is 0 Å². The van der Waals surface area contributed by atoms with Crippen LogP contribution in [-0.2, 0) is 12.8 Å². The van der Waals surface area contributed by atoms with E-state index in [1.165, 1.54) is 29.5 Å². The van der Waals surface area contributed by atoms with Gasteiger partial charge in [0, 0.05) is 0 Å². The summed E-state index contributed by atoms with van der Waals surface area (Å²) in [5.41, 5.74) is 7.83. The van der Waals surface area contributed by atoms with Gasteiger partial charge in [-0.2, -0.15) is 0 Å². The van der Waals surface area contributed by atoms with Gasteiger partial charge in [-0.3, -0.25) is 0 Å². The molecule has 0 saturated carbocycles. The number of hydrogen-bond donors (Lipinski definition) is 0. The van der Waals surface area contributed by atoms with Gasteiger partial charge < -0.3 is 0 Å². The van der Waals surface area contributed by atoms with E-state index >= 15 is 0 Å². The number of allylic oxidation sites excluding steroid dienone is 4. The van der Waals surface area contributed by atoms with Crippen molar-refractivity contribution in [3.8, 4) is 0 Å². The van der Waals surface area contributed by atoms with E-state index in [1.54, 1.807) is 11.1 Å². The highest BCUT2D eigenvalue weighted by atomic mass is 14.2. The molecule has 0 atom stereocenters. The van der Waals surface area contributed by atoms with Gasteiger partial charge in [-0.25, -0.2) is 0 Å². The lowest BCUT2D eigenvalue weighted by Gasteiger charge is -2.17. The third kappa shape index (κ3) is 1.14. The van der Waals surface area contributed by atoms with Crippen LogP contribution in [0.1, 0.15) is 24.5 Å². The molecule has 0 heterocycles. The molecule has 0 N–H and O–H groups in total. The Morgan fingerprint density at radius 1 is 0.929 bits per heavy atom. The first-order valence-electron chi connectivity index (χ1n) is 5.28. The second-order valence-electron chi connectivity index (χ2n) is 4.42. The first-order chi connectivity index (χ1) is 6.83. The minimum atomic E-state index is 1.16. The summed E-state index contributed by atoms with van der Waals surface area (Å²) in [6, 6.07) is 8.84. The summed E-state index contributed by atoms with van der Waals surface area (Å²) in [5, 5.41) is 0.